The van der Waals surface area contributed by atoms with E-state index < -0.39 is 6.04 Å². The Kier molecular flexibility index (Phi) is 6.96. The van der Waals surface area contributed by atoms with E-state index in [-0.39, 0.29) is 12.5 Å². The number of aliphatic hydroxyl groups excluding tert-OH is 1. The predicted octanol–water partition coefficient (Wildman–Crippen LogP) is 2.44. The summed E-state index contributed by atoms with van der Waals surface area (Å²) in [6.07, 6.45) is 3.28. The number of morpholine rings is 1. The fourth-order valence-corrected chi connectivity index (χ4v) is 3.55. The monoisotopic (exact) mass is 372 g/mol. The number of benzene rings is 1. The summed E-state index contributed by atoms with van der Waals surface area (Å²) in [6.45, 7) is 4.10. The van der Waals surface area contributed by atoms with Crippen molar-refractivity contribution in [3.8, 4) is 0 Å². The number of rotatable bonds is 7. The number of hydrogen-bond donors (Lipinski definition) is 2. The Morgan fingerprint density at radius 3 is 2.92 bits per heavy atom. The van der Waals surface area contributed by atoms with Gasteiger partial charge in [0.2, 0.25) is 5.91 Å². The molecule has 0 bridgehead atoms. The van der Waals surface area contributed by atoms with Gasteiger partial charge < -0.3 is 15.2 Å². The smallest absolute Gasteiger partial charge is 0.244 e. The number of nitrogens with zero attached hydrogens (tertiary/aromatic N) is 1. The molecule has 1 aliphatic rings. The van der Waals surface area contributed by atoms with Crippen LogP contribution in [0, 0.1) is 0 Å². The van der Waals surface area contributed by atoms with Crippen LogP contribution in [-0.4, -0.2) is 48.8 Å². The van der Waals surface area contributed by atoms with Crippen LogP contribution in [0.25, 0.3) is 6.08 Å². The van der Waals surface area contributed by atoms with Gasteiger partial charge in [0.15, 0.2) is 0 Å². The van der Waals surface area contributed by atoms with Crippen molar-refractivity contribution in [2.24, 2.45) is 0 Å². The van der Waals surface area contributed by atoms with Crippen LogP contribution in [0.5, 0.6) is 0 Å². The van der Waals surface area contributed by atoms with Crippen molar-refractivity contribution < 1.29 is 14.6 Å². The van der Waals surface area contributed by atoms with E-state index in [1.165, 1.54) is 11.6 Å². The highest BCUT2D eigenvalue weighted by atomic mass is 32.1. The first-order chi connectivity index (χ1) is 12.7. The minimum absolute atomic E-state index is 0.140. The van der Waals surface area contributed by atoms with Gasteiger partial charge in [0.1, 0.15) is 0 Å². The summed E-state index contributed by atoms with van der Waals surface area (Å²) in [7, 11) is 0. The molecule has 0 aliphatic carbocycles. The standard InChI is InChI=1S/C20H24N2O3S/c23-14-19(21-20(24)5-4-16-6-11-26-15-16)18-3-1-2-17(12-18)13-22-7-9-25-10-8-22/h1-6,11-12,15,19,23H,7-10,13-14H2,(H,21,24)/t19-/m1/s1. The second kappa shape index (κ2) is 9.64. The van der Waals surface area contributed by atoms with E-state index >= 15 is 0 Å². The number of carbonyl (C=O) groups is 1. The second-order valence-corrected chi connectivity index (χ2v) is 7.05. The number of thiophene rings is 1. The van der Waals surface area contributed by atoms with Crippen LogP contribution in [0.2, 0.25) is 0 Å². The summed E-state index contributed by atoms with van der Waals surface area (Å²) in [5, 5.41) is 16.5. The summed E-state index contributed by atoms with van der Waals surface area (Å²) in [5.41, 5.74) is 3.08. The number of amides is 1. The number of carbonyl (C=O) groups excluding carboxylic acids is 1. The minimum atomic E-state index is -0.417. The predicted molar refractivity (Wildman–Crippen MR) is 104 cm³/mol. The Morgan fingerprint density at radius 1 is 1.35 bits per heavy atom. The van der Waals surface area contributed by atoms with E-state index in [0.717, 1.165) is 44.0 Å². The van der Waals surface area contributed by atoms with Gasteiger partial charge in [0.25, 0.3) is 0 Å². The highest BCUT2D eigenvalue weighted by molar-refractivity contribution is 7.08. The van der Waals surface area contributed by atoms with Gasteiger partial charge in [-0.2, -0.15) is 11.3 Å². The van der Waals surface area contributed by atoms with Gasteiger partial charge in [-0.3, -0.25) is 9.69 Å². The number of aliphatic hydroxyl groups is 1. The maximum absolute atomic E-state index is 12.2. The zero-order chi connectivity index (χ0) is 18.2. The van der Waals surface area contributed by atoms with E-state index in [1.807, 2.05) is 29.0 Å². The highest BCUT2D eigenvalue weighted by Gasteiger charge is 2.15. The van der Waals surface area contributed by atoms with Crippen molar-refractivity contribution in [3.63, 3.8) is 0 Å². The van der Waals surface area contributed by atoms with Gasteiger partial charge in [0.05, 0.1) is 25.9 Å². The third-order valence-corrected chi connectivity index (χ3v) is 5.03. The van der Waals surface area contributed by atoms with Crippen molar-refractivity contribution in [1.29, 1.82) is 0 Å². The molecule has 1 atom stereocenters. The Bertz CT molecular complexity index is 724. The SMILES string of the molecule is O=C(C=Cc1ccsc1)N[C@H](CO)c1cccc(CN2CCOCC2)c1. The molecule has 6 heteroatoms. The van der Waals surface area contributed by atoms with Gasteiger partial charge in [-0.05, 0) is 39.6 Å². The maximum atomic E-state index is 12.2. The van der Waals surface area contributed by atoms with Crippen molar-refractivity contribution in [3.05, 3.63) is 63.9 Å². The molecule has 1 aromatic heterocycles. The lowest BCUT2D eigenvalue weighted by Crippen LogP contribution is -2.35. The first kappa shape index (κ1) is 18.8. The first-order valence-electron chi connectivity index (χ1n) is 8.75. The van der Waals surface area contributed by atoms with Crippen molar-refractivity contribution >= 4 is 23.3 Å². The molecule has 5 nitrogen and oxygen atoms in total. The van der Waals surface area contributed by atoms with Crippen molar-refractivity contribution in [1.82, 2.24) is 10.2 Å². The highest BCUT2D eigenvalue weighted by Crippen LogP contribution is 2.17. The largest absolute Gasteiger partial charge is 0.394 e. The zero-order valence-corrected chi connectivity index (χ0v) is 15.5. The lowest BCUT2D eigenvalue weighted by atomic mass is 10.0. The molecular formula is C20H24N2O3S. The zero-order valence-electron chi connectivity index (χ0n) is 14.6. The average Bonchev–Trinajstić information content (AvgIpc) is 3.19. The lowest BCUT2D eigenvalue weighted by Gasteiger charge is -2.27. The van der Waals surface area contributed by atoms with E-state index in [2.05, 4.69) is 22.3 Å². The molecule has 26 heavy (non-hydrogen) atoms. The molecule has 3 rings (SSSR count). The van der Waals surface area contributed by atoms with E-state index in [0.29, 0.717) is 0 Å². The summed E-state index contributed by atoms with van der Waals surface area (Å²) in [6, 6.07) is 9.57. The molecule has 1 amide bonds. The van der Waals surface area contributed by atoms with Gasteiger partial charge in [0, 0.05) is 25.7 Å². The first-order valence-corrected chi connectivity index (χ1v) is 9.69. The molecule has 1 saturated heterocycles. The molecule has 1 fully saturated rings. The Morgan fingerprint density at radius 2 is 2.19 bits per heavy atom. The van der Waals surface area contributed by atoms with Crippen molar-refractivity contribution in [2.45, 2.75) is 12.6 Å². The molecule has 2 heterocycles. The topological polar surface area (TPSA) is 61.8 Å². The van der Waals surface area contributed by atoms with E-state index in [1.54, 1.807) is 17.4 Å². The van der Waals surface area contributed by atoms with Crippen LogP contribution < -0.4 is 5.32 Å². The minimum Gasteiger partial charge on any atom is -0.394 e. The van der Waals surface area contributed by atoms with Gasteiger partial charge in [-0.1, -0.05) is 24.3 Å². The number of ether oxygens (including phenoxy) is 1. The summed E-state index contributed by atoms with van der Waals surface area (Å²) >= 11 is 1.59. The summed E-state index contributed by atoms with van der Waals surface area (Å²) in [5.74, 6) is -0.214. The normalized spacial score (nSPS) is 16.7. The molecule has 2 N–H and O–H groups in total. The quantitative estimate of drug-likeness (QED) is 0.733. The Balaban J connectivity index is 1.61. The molecule has 138 valence electrons. The van der Waals surface area contributed by atoms with Crippen LogP contribution >= 0.6 is 11.3 Å². The van der Waals surface area contributed by atoms with Crippen molar-refractivity contribution in [2.75, 3.05) is 32.9 Å². The van der Waals surface area contributed by atoms with Crippen LogP contribution in [0.1, 0.15) is 22.7 Å². The molecule has 1 aromatic carbocycles. The molecule has 0 radical (unpaired) electrons. The number of hydrogen-bond acceptors (Lipinski definition) is 5. The maximum Gasteiger partial charge on any atom is 0.244 e. The Hall–Kier alpha value is -1.99. The molecule has 0 unspecified atom stereocenters. The van der Waals surface area contributed by atoms with Crippen LogP contribution in [0.15, 0.2) is 47.2 Å². The molecule has 1 aliphatic heterocycles. The van der Waals surface area contributed by atoms with Gasteiger partial charge in [-0.25, -0.2) is 0 Å². The lowest BCUT2D eigenvalue weighted by molar-refractivity contribution is -0.117. The van der Waals surface area contributed by atoms with Crippen LogP contribution in [0.4, 0.5) is 0 Å². The molecule has 0 saturated carbocycles. The summed E-state index contributed by atoms with van der Waals surface area (Å²) in [4.78, 5) is 14.5. The third-order valence-electron chi connectivity index (χ3n) is 4.33. The number of nitrogens with one attached hydrogen (secondary N) is 1. The van der Waals surface area contributed by atoms with Crippen LogP contribution in [-0.2, 0) is 16.1 Å². The summed E-state index contributed by atoms with van der Waals surface area (Å²) < 4.78 is 5.38. The third kappa shape index (κ3) is 5.51. The molecule has 0 spiro atoms. The molecular weight excluding hydrogens is 348 g/mol. The Labute approximate surface area is 157 Å². The fraction of sp³-hybridized carbons (Fsp3) is 0.350. The van der Waals surface area contributed by atoms with E-state index in [4.69, 9.17) is 4.74 Å². The van der Waals surface area contributed by atoms with E-state index in [9.17, 15) is 9.90 Å². The van der Waals surface area contributed by atoms with Gasteiger partial charge >= 0.3 is 0 Å². The van der Waals surface area contributed by atoms with Gasteiger partial charge in [-0.15, -0.1) is 0 Å². The average molecular weight is 372 g/mol. The second-order valence-electron chi connectivity index (χ2n) is 6.27. The molecule has 2 aromatic rings. The fourth-order valence-electron chi connectivity index (χ4n) is 2.92. The van der Waals surface area contributed by atoms with Crippen LogP contribution in [0.3, 0.4) is 0 Å².